The number of nitrogens with one attached hydrogen (secondary N) is 1. The monoisotopic (exact) mass is 415 g/mol. The number of anilines is 1. The number of hydrogen-bond acceptors (Lipinski definition) is 2. The van der Waals surface area contributed by atoms with Crippen LogP contribution in [0.2, 0.25) is 5.02 Å². The van der Waals surface area contributed by atoms with E-state index in [0.29, 0.717) is 11.4 Å². The van der Waals surface area contributed by atoms with Gasteiger partial charge in [0.05, 0.1) is 12.1 Å². The second kappa shape index (κ2) is 8.52. The fourth-order valence-corrected chi connectivity index (χ4v) is 3.24. The minimum absolute atomic E-state index is 0.0400. The summed E-state index contributed by atoms with van der Waals surface area (Å²) in [7, 11) is 0. The molecule has 0 saturated carbocycles. The molecule has 3 aromatic carbocycles. The van der Waals surface area contributed by atoms with Crippen LogP contribution >= 0.6 is 27.5 Å². The minimum Gasteiger partial charge on any atom is -0.388 e. The Morgan fingerprint density at radius 2 is 1.60 bits per heavy atom. The van der Waals surface area contributed by atoms with Crippen LogP contribution in [0.15, 0.2) is 83.3 Å². The number of aliphatic hydroxyl groups is 1. The van der Waals surface area contributed by atoms with Gasteiger partial charge in [0.25, 0.3) is 0 Å². The minimum atomic E-state index is -0.554. The molecular weight excluding hydrogens is 398 g/mol. The zero-order valence-corrected chi connectivity index (χ0v) is 15.9. The van der Waals surface area contributed by atoms with Gasteiger partial charge < -0.3 is 10.4 Å². The van der Waals surface area contributed by atoms with Crippen LogP contribution in [0.4, 0.5) is 5.69 Å². The van der Waals surface area contributed by atoms with Gasteiger partial charge in [-0.2, -0.15) is 0 Å². The number of aliphatic hydroxyl groups excluding tert-OH is 1. The maximum absolute atomic E-state index is 10.7. The predicted octanol–water partition coefficient (Wildman–Crippen LogP) is 6.38. The lowest BCUT2D eigenvalue weighted by Crippen LogP contribution is -2.15. The summed E-state index contributed by atoms with van der Waals surface area (Å²) in [5.41, 5.74) is 2.95. The van der Waals surface area contributed by atoms with Gasteiger partial charge in [0, 0.05) is 21.6 Å². The van der Waals surface area contributed by atoms with Crippen molar-refractivity contribution in [3.05, 3.63) is 99.5 Å². The van der Waals surface area contributed by atoms with Gasteiger partial charge in [-0.15, -0.1) is 0 Å². The number of halogens is 2. The third-order valence-electron chi connectivity index (χ3n) is 4.08. The van der Waals surface area contributed by atoms with Crippen molar-refractivity contribution in [2.24, 2.45) is 0 Å². The predicted molar refractivity (Wildman–Crippen MR) is 108 cm³/mol. The Kier molecular flexibility index (Phi) is 6.14. The highest BCUT2D eigenvalue weighted by molar-refractivity contribution is 9.10. The first-order chi connectivity index (χ1) is 12.1. The van der Waals surface area contributed by atoms with Crippen molar-refractivity contribution in [3.8, 4) is 0 Å². The Hall–Kier alpha value is -1.81. The Morgan fingerprint density at radius 3 is 2.28 bits per heavy atom. The van der Waals surface area contributed by atoms with E-state index in [2.05, 4.69) is 33.4 Å². The maximum atomic E-state index is 10.7. The van der Waals surface area contributed by atoms with Crippen LogP contribution in [-0.2, 0) is 0 Å². The first-order valence-corrected chi connectivity index (χ1v) is 9.29. The van der Waals surface area contributed by atoms with E-state index in [1.165, 1.54) is 0 Å². The van der Waals surface area contributed by atoms with E-state index >= 15 is 0 Å². The maximum Gasteiger partial charge on any atom is 0.0812 e. The Bertz CT molecular complexity index is 808. The van der Waals surface area contributed by atoms with Crippen LogP contribution < -0.4 is 5.32 Å². The summed E-state index contributed by atoms with van der Waals surface area (Å²) in [5.74, 6) is 0. The van der Waals surface area contributed by atoms with E-state index in [9.17, 15) is 5.11 Å². The molecule has 0 aromatic heterocycles. The van der Waals surface area contributed by atoms with Gasteiger partial charge >= 0.3 is 0 Å². The van der Waals surface area contributed by atoms with Gasteiger partial charge in [-0.3, -0.25) is 0 Å². The van der Waals surface area contributed by atoms with E-state index in [1.54, 1.807) is 0 Å². The number of benzene rings is 3. The molecule has 25 heavy (non-hydrogen) atoms. The standard InChI is InChI=1S/C21H19BrClNO/c22-17-11-9-15(10-12-17)20(24-19-8-4-7-18(23)13-19)14-21(25)16-5-2-1-3-6-16/h1-13,20-21,24-25H,14H2. The van der Waals surface area contributed by atoms with Crippen molar-refractivity contribution < 1.29 is 5.11 Å². The molecule has 0 aliphatic rings. The zero-order chi connectivity index (χ0) is 17.6. The highest BCUT2D eigenvalue weighted by Crippen LogP contribution is 2.31. The average Bonchev–Trinajstić information content (AvgIpc) is 2.62. The summed E-state index contributed by atoms with van der Waals surface area (Å²) in [6.45, 7) is 0. The molecule has 0 aliphatic heterocycles. The van der Waals surface area contributed by atoms with E-state index in [1.807, 2.05) is 66.7 Å². The zero-order valence-electron chi connectivity index (χ0n) is 13.6. The van der Waals surface area contributed by atoms with Crippen molar-refractivity contribution in [3.63, 3.8) is 0 Å². The molecule has 128 valence electrons. The first kappa shape index (κ1) is 18.0. The number of hydrogen-bond donors (Lipinski definition) is 2. The van der Waals surface area contributed by atoms with Crippen molar-refractivity contribution >= 4 is 33.2 Å². The summed E-state index contributed by atoms with van der Waals surface area (Å²) in [5, 5.41) is 14.8. The molecule has 0 heterocycles. The van der Waals surface area contributed by atoms with Gasteiger partial charge in [-0.25, -0.2) is 0 Å². The fraction of sp³-hybridized carbons (Fsp3) is 0.143. The summed E-state index contributed by atoms with van der Waals surface area (Å²) in [6.07, 6.45) is -0.000409. The average molecular weight is 417 g/mol. The van der Waals surface area contributed by atoms with Gasteiger partial charge in [-0.05, 0) is 41.5 Å². The third-order valence-corrected chi connectivity index (χ3v) is 4.84. The molecular formula is C21H19BrClNO. The molecule has 0 fully saturated rings. The van der Waals surface area contributed by atoms with Crippen LogP contribution in [0.1, 0.15) is 29.7 Å². The topological polar surface area (TPSA) is 32.3 Å². The molecule has 2 atom stereocenters. The molecule has 0 bridgehead atoms. The van der Waals surface area contributed by atoms with Crippen LogP contribution in [0.3, 0.4) is 0 Å². The Morgan fingerprint density at radius 1 is 0.880 bits per heavy atom. The molecule has 3 aromatic rings. The Balaban J connectivity index is 1.84. The van der Waals surface area contributed by atoms with E-state index < -0.39 is 6.10 Å². The molecule has 4 heteroatoms. The quantitative estimate of drug-likeness (QED) is 0.488. The SMILES string of the molecule is OC(CC(Nc1cccc(Cl)c1)c1ccc(Br)cc1)c1ccccc1. The molecule has 2 N–H and O–H groups in total. The Labute approximate surface area is 161 Å². The summed E-state index contributed by atoms with van der Waals surface area (Å²) >= 11 is 9.57. The normalized spacial score (nSPS) is 13.2. The van der Waals surface area contributed by atoms with Crippen LogP contribution in [0.25, 0.3) is 0 Å². The largest absolute Gasteiger partial charge is 0.388 e. The van der Waals surface area contributed by atoms with Crippen molar-refractivity contribution in [1.82, 2.24) is 0 Å². The fourth-order valence-electron chi connectivity index (χ4n) is 2.79. The van der Waals surface area contributed by atoms with Crippen molar-refractivity contribution in [2.45, 2.75) is 18.6 Å². The molecule has 3 rings (SSSR count). The molecule has 2 unspecified atom stereocenters. The van der Waals surface area contributed by atoms with Gasteiger partial charge in [0.2, 0.25) is 0 Å². The summed E-state index contributed by atoms with van der Waals surface area (Å²) < 4.78 is 1.03. The highest BCUT2D eigenvalue weighted by Gasteiger charge is 2.18. The second-order valence-corrected chi connectivity index (χ2v) is 7.27. The molecule has 0 spiro atoms. The number of rotatable bonds is 6. The molecule has 0 radical (unpaired) electrons. The first-order valence-electron chi connectivity index (χ1n) is 8.12. The smallest absolute Gasteiger partial charge is 0.0812 e. The lowest BCUT2D eigenvalue weighted by atomic mass is 9.96. The van der Waals surface area contributed by atoms with Gasteiger partial charge in [0.1, 0.15) is 0 Å². The van der Waals surface area contributed by atoms with E-state index in [0.717, 1.165) is 21.3 Å². The molecule has 0 amide bonds. The third kappa shape index (κ3) is 5.08. The molecule has 0 aliphatic carbocycles. The van der Waals surface area contributed by atoms with Crippen molar-refractivity contribution in [2.75, 3.05) is 5.32 Å². The van der Waals surface area contributed by atoms with E-state index in [-0.39, 0.29) is 6.04 Å². The second-order valence-electron chi connectivity index (χ2n) is 5.92. The lowest BCUT2D eigenvalue weighted by Gasteiger charge is -2.24. The van der Waals surface area contributed by atoms with Gasteiger partial charge in [0.15, 0.2) is 0 Å². The lowest BCUT2D eigenvalue weighted by molar-refractivity contribution is 0.160. The molecule has 0 saturated heterocycles. The summed E-state index contributed by atoms with van der Waals surface area (Å²) in [4.78, 5) is 0. The van der Waals surface area contributed by atoms with Crippen LogP contribution in [0, 0.1) is 0 Å². The van der Waals surface area contributed by atoms with Crippen LogP contribution in [-0.4, -0.2) is 5.11 Å². The van der Waals surface area contributed by atoms with Crippen LogP contribution in [0.5, 0.6) is 0 Å². The van der Waals surface area contributed by atoms with E-state index in [4.69, 9.17) is 11.6 Å². The van der Waals surface area contributed by atoms with Crippen molar-refractivity contribution in [1.29, 1.82) is 0 Å². The van der Waals surface area contributed by atoms with Gasteiger partial charge in [-0.1, -0.05) is 76.1 Å². The highest BCUT2D eigenvalue weighted by atomic mass is 79.9. The summed E-state index contributed by atoms with van der Waals surface area (Å²) in [6, 6.07) is 25.5. The molecule has 2 nitrogen and oxygen atoms in total.